The van der Waals surface area contributed by atoms with E-state index < -0.39 is 8.07 Å². The average molecular weight is 1240 g/mol. The third kappa shape index (κ3) is 12.4. The van der Waals surface area contributed by atoms with E-state index in [1.165, 1.54) is 210 Å². The van der Waals surface area contributed by atoms with Crippen molar-refractivity contribution in [3.05, 3.63) is 82.8 Å². The van der Waals surface area contributed by atoms with Gasteiger partial charge in [-0.1, -0.05) is 158 Å². The van der Waals surface area contributed by atoms with E-state index >= 15 is 0 Å². The van der Waals surface area contributed by atoms with Crippen molar-refractivity contribution in [1.82, 2.24) is 27.5 Å². The quantitative estimate of drug-likeness (QED) is 0.0418. The monoisotopic (exact) mass is 1240 g/mol. The van der Waals surface area contributed by atoms with Crippen LogP contribution in [0.5, 0.6) is 0 Å². The number of hydrogen-bond acceptors (Lipinski definition) is 14. The van der Waals surface area contributed by atoms with Crippen molar-refractivity contribution in [2.75, 3.05) is 0 Å². The molecule has 0 aliphatic carbocycles. The van der Waals surface area contributed by atoms with E-state index in [0.29, 0.717) is 11.8 Å². The summed E-state index contributed by atoms with van der Waals surface area (Å²) in [5.74, 6) is 2.88. The molecule has 11 heterocycles. The summed E-state index contributed by atoms with van der Waals surface area (Å²) >= 11 is 14.2. The van der Waals surface area contributed by atoms with Gasteiger partial charge in [-0.2, -0.15) is 17.5 Å². The third-order valence-corrected chi connectivity index (χ3v) is 31.8. The zero-order chi connectivity index (χ0) is 56.0. The molecule has 15 heteroatoms. The second-order valence-electron chi connectivity index (χ2n) is 23.1. The molecule has 6 nitrogen and oxygen atoms in total. The Labute approximate surface area is 515 Å². The second kappa shape index (κ2) is 27.2. The molecule has 426 valence electrons. The van der Waals surface area contributed by atoms with Gasteiger partial charge in [0.2, 0.25) is 0 Å². The molecule has 11 rings (SSSR count). The molecular weight excluding hydrogens is 1160 g/mol. The van der Waals surface area contributed by atoms with E-state index in [0.717, 1.165) is 56.4 Å². The molecule has 0 saturated carbocycles. The number of nitrogens with zero attached hydrogens (tertiary/aromatic N) is 6. The summed E-state index contributed by atoms with van der Waals surface area (Å²) in [7, 11) is -2.38. The first-order chi connectivity index (χ1) is 39.7. The molecule has 10 aromatic heterocycles. The first-order valence-corrected chi connectivity index (χ1v) is 39.4. The van der Waals surface area contributed by atoms with Crippen LogP contribution >= 0.6 is 91.5 Å². The molecule has 0 aromatic carbocycles. The number of unbranched alkanes of at least 4 members (excludes halogenated alkanes) is 4. The Hall–Kier alpha value is -3.64. The van der Waals surface area contributed by atoms with E-state index in [1.54, 1.807) is 10.4 Å². The van der Waals surface area contributed by atoms with Crippen molar-refractivity contribution in [2.45, 2.75) is 183 Å². The molecule has 0 radical (unpaired) electrons. The third-order valence-electron chi connectivity index (χ3n) is 17.7. The van der Waals surface area contributed by atoms with Crippen LogP contribution in [0.2, 0.25) is 12.1 Å². The molecule has 10 aromatic rings. The summed E-state index contributed by atoms with van der Waals surface area (Å²) in [6.45, 7) is 18.9. The number of aromatic nitrogens is 6. The highest BCUT2D eigenvalue weighted by atomic mass is 32.1. The second-order valence-corrected chi connectivity index (χ2v) is 34.8. The van der Waals surface area contributed by atoms with E-state index in [1.807, 2.05) is 68.0 Å². The molecule has 81 heavy (non-hydrogen) atoms. The fraction of sp³-hybridized carbons (Fsp3) is 0.485. The SMILES string of the molecule is CCCCC(CC)Cc1ccc(-c2ccc(-c3cnc(-c4cc5c(s4)-c4sc(-c6ncc(-c7ccc(-c8ccc(CC(CC)CCCC)s8)s7)c7nsnc67)cc4[Si]5(CC(CC)CCCC)CC(CC)CCCC)c4nsnc34)s2)s1. The van der Waals surface area contributed by atoms with Crippen LogP contribution in [0.1, 0.15) is 168 Å². The van der Waals surface area contributed by atoms with E-state index in [4.69, 9.17) is 27.5 Å². The maximum absolute atomic E-state index is 5.41. The van der Waals surface area contributed by atoms with Crippen molar-refractivity contribution in [1.29, 1.82) is 0 Å². The first-order valence-electron chi connectivity index (χ1n) is 30.6. The van der Waals surface area contributed by atoms with Crippen LogP contribution in [0.4, 0.5) is 0 Å². The molecule has 4 atom stereocenters. The van der Waals surface area contributed by atoms with Crippen LogP contribution in [0.25, 0.3) is 93.4 Å². The number of rotatable bonds is 30. The van der Waals surface area contributed by atoms with Crippen LogP contribution in [-0.4, -0.2) is 35.5 Å². The van der Waals surface area contributed by atoms with Gasteiger partial charge >= 0.3 is 0 Å². The Morgan fingerprint density at radius 2 is 0.741 bits per heavy atom. The van der Waals surface area contributed by atoms with E-state index in [9.17, 15) is 0 Å². The smallest absolute Gasteiger partial charge is 0.132 e. The molecule has 1 aliphatic heterocycles. The van der Waals surface area contributed by atoms with Crippen molar-refractivity contribution in [2.24, 2.45) is 23.7 Å². The molecule has 1 aliphatic rings. The normalized spacial score (nSPS) is 15.8. The zero-order valence-electron chi connectivity index (χ0n) is 48.8. The minimum Gasteiger partial charge on any atom is -0.252 e. The molecule has 0 amide bonds. The zero-order valence-corrected chi connectivity index (χ0v) is 56.4. The Balaban J connectivity index is 0.956. The molecule has 0 saturated heterocycles. The Bertz CT molecular complexity index is 3420. The average Bonchev–Trinajstić information content (AvgIpc) is 4.52. The summed E-state index contributed by atoms with van der Waals surface area (Å²) in [5.41, 5.74) is 7.90. The highest BCUT2D eigenvalue weighted by molar-refractivity contribution is 7.32. The maximum Gasteiger partial charge on any atom is 0.132 e. The van der Waals surface area contributed by atoms with Crippen LogP contribution in [0.3, 0.4) is 0 Å². The van der Waals surface area contributed by atoms with Gasteiger partial charge in [0, 0.05) is 72.3 Å². The summed E-state index contributed by atoms with van der Waals surface area (Å²) < 4.78 is 20.2. The van der Waals surface area contributed by atoms with Crippen molar-refractivity contribution >= 4 is 132 Å². The molecule has 0 spiro atoms. The lowest BCUT2D eigenvalue weighted by Crippen LogP contribution is -2.56. The van der Waals surface area contributed by atoms with E-state index in [2.05, 4.69) is 128 Å². The lowest BCUT2D eigenvalue weighted by atomic mass is 9.95. The van der Waals surface area contributed by atoms with Gasteiger partial charge in [0.1, 0.15) is 41.5 Å². The van der Waals surface area contributed by atoms with Crippen molar-refractivity contribution in [3.63, 3.8) is 0 Å². The minimum atomic E-state index is -2.38. The Morgan fingerprint density at radius 1 is 0.383 bits per heavy atom. The number of thiophene rings is 6. The lowest BCUT2D eigenvalue weighted by Gasteiger charge is -2.35. The molecule has 4 unspecified atom stereocenters. The van der Waals surface area contributed by atoms with E-state index in [-0.39, 0.29) is 0 Å². The molecular formula is C66H80N6S8Si. The number of fused-ring (bicyclic) bond motifs is 5. The summed E-state index contributed by atoms with van der Waals surface area (Å²) in [4.78, 5) is 27.0. The largest absolute Gasteiger partial charge is 0.252 e. The van der Waals surface area contributed by atoms with Gasteiger partial charge in [0.25, 0.3) is 0 Å². The molecule has 0 fully saturated rings. The van der Waals surface area contributed by atoms with Gasteiger partial charge in [-0.15, -0.1) is 68.0 Å². The Morgan fingerprint density at radius 3 is 1.14 bits per heavy atom. The van der Waals surface area contributed by atoms with Gasteiger partial charge in [0.15, 0.2) is 0 Å². The van der Waals surface area contributed by atoms with Crippen LogP contribution in [0, 0.1) is 23.7 Å². The fourth-order valence-electron chi connectivity index (χ4n) is 12.8. The van der Waals surface area contributed by atoms with Gasteiger partial charge in [-0.25, -0.2) is 0 Å². The van der Waals surface area contributed by atoms with Crippen LogP contribution < -0.4 is 10.4 Å². The standard InChI is InChI=1S/C66H80N6S8Si/c1-9-17-21-41(13-5)33-45-25-27-51(73-45)53-31-29-49(75-53)47-37-67-61(63-59(47)69-79-71-63)55-35-57-65(77-55)66-58(81(57,39-43(15-7)23-19-11-3)40-44(16-8)24-20-12-4)36-56(78-66)62-64-60(70-80-72-64)48(38-68-62)50-30-32-54(76-50)52-28-26-46(74-52)34-42(14-6)22-18-10-2/h25-32,35-38,41-44H,9-24,33-34,39-40H2,1-8H3. The predicted octanol–water partition coefficient (Wildman–Crippen LogP) is 22.4. The maximum atomic E-state index is 5.41. The number of hydrogen-bond donors (Lipinski definition) is 0. The summed E-state index contributed by atoms with van der Waals surface area (Å²) in [6.07, 6.45) is 26.9. The van der Waals surface area contributed by atoms with Crippen molar-refractivity contribution < 1.29 is 0 Å². The van der Waals surface area contributed by atoms with Gasteiger partial charge < -0.3 is 0 Å². The van der Waals surface area contributed by atoms with Gasteiger partial charge in [-0.3, -0.25) is 9.97 Å². The first kappa shape index (κ1) is 59.1. The van der Waals surface area contributed by atoms with Gasteiger partial charge in [-0.05, 0) is 120 Å². The van der Waals surface area contributed by atoms with Crippen LogP contribution in [0.15, 0.2) is 73.1 Å². The topological polar surface area (TPSA) is 77.3 Å². The summed E-state index contributed by atoms with van der Waals surface area (Å²) in [6, 6.07) is 26.4. The highest BCUT2D eigenvalue weighted by Gasteiger charge is 2.50. The predicted molar refractivity (Wildman–Crippen MR) is 365 cm³/mol. The molecule has 0 bridgehead atoms. The molecule has 0 N–H and O–H groups in total. The minimum absolute atomic E-state index is 0.676. The Kier molecular flexibility index (Phi) is 19.8. The fourth-order valence-corrected chi connectivity index (χ4v) is 28.8. The van der Waals surface area contributed by atoms with Crippen LogP contribution in [-0.2, 0) is 12.8 Å². The highest BCUT2D eigenvalue weighted by Crippen LogP contribution is 2.51. The van der Waals surface area contributed by atoms with Crippen molar-refractivity contribution in [3.8, 4) is 71.3 Å². The lowest BCUT2D eigenvalue weighted by molar-refractivity contribution is 0.452. The van der Waals surface area contributed by atoms with Gasteiger partial charge in [0.05, 0.1) is 33.2 Å². The number of pyridine rings is 2. The summed E-state index contributed by atoms with van der Waals surface area (Å²) in [5, 5.41) is 3.29.